The molecule has 0 radical (unpaired) electrons. The first-order chi connectivity index (χ1) is 18.9. The number of aryl methyl sites for hydroxylation is 2. The van der Waals surface area contributed by atoms with E-state index in [1.807, 2.05) is 30.5 Å². The number of fused-ring (bicyclic) bond motifs is 3. The van der Waals surface area contributed by atoms with Gasteiger partial charge in [0.1, 0.15) is 19.5 Å². The van der Waals surface area contributed by atoms with Gasteiger partial charge in [-0.1, -0.05) is 62.8 Å². The van der Waals surface area contributed by atoms with Gasteiger partial charge in [0.2, 0.25) is 0 Å². The number of nitrogens with zero attached hydrogens (tertiary/aromatic N) is 3. The van der Waals surface area contributed by atoms with Crippen LogP contribution in [-0.2, 0) is 33.9 Å². The molecule has 40 heavy (non-hydrogen) atoms. The summed E-state index contributed by atoms with van der Waals surface area (Å²) in [5, 5.41) is 15.5. The molecular weight excluding hydrogens is 690 g/mol. The predicted molar refractivity (Wildman–Crippen MR) is 164 cm³/mol. The van der Waals surface area contributed by atoms with Gasteiger partial charge in [0.15, 0.2) is 0 Å². The van der Waals surface area contributed by atoms with Crippen LogP contribution in [0.2, 0.25) is 13.1 Å². The largest absolute Gasteiger partial charge is 0.506 e. The smallest absolute Gasteiger partial charge is 0.139 e. The van der Waals surface area contributed by atoms with Crippen LogP contribution >= 0.6 is 0 Å². The standard InChI is InChI=1S/C34H32N3OSi.Pt/c1-5-23-17-18-29-27(20-23)28-22-24(6-2)33(36-34(28)37(29)30-14-7-8-15-31(30)38)25-12-11-13-26(21-25)39(3,4)32-16-9-10-19-35-32;/h7-20,22,38H,5-6H2,1-4H3;/q-1;. The number of pyridine rings is 2. The van der Waals surface area contributed by atoms with E-state index in [0.717, 1.165) is 57.0 Å². The average molecular weight is 722 g/mol. The normalized spacial score (nSPS) is 11.6. The molecule has 0 amide bonds. The molecule has 3 heterocycles. The van der Waals surface area contributed by atoms with Crippen molar-refractivity contribution >= 4 is 40.5 Å². The van der Waals surface area contributed by atoms with Gasteiger partial charge in [0, 0.05) is 43.4 Å². The van der Waals surface area contributed by atoms with E-state index in [2.05, 4.69) is 92.2 Å². The summed E-state index contributed by atoms with van der Waals surface area (Å²) in [7, 11) is -2.04. The Morgan fingerprint density at radius 1 is 0.850 bits per heavy atom. The van der Waals surface area contributed by atoms with Crippen LogP contribution in [0.15, 0.2) is 91.1 Å². The van der Waals surface area contributed by atoms with Gasteiger partial charge in [-0.3, -0.25) is 14.5 Å². The summed E-state index contributed by atoms with van der Waals surface area (Å²) >= 11 is 0. The Morgan fingerprint density at radius 3 is 2.38 bits per heavy atom. The molecule has 0 saturated carbocycles. The third kappa shape index (κ3) is 4.72. The predicted octanol–water partition coefficient (Wildman–Crippen LogP) is 6.69. The zero-order valence-electron chi connectivity index (χ0n) is 23.2. The molecule has 6 rings (SSSR count). The van der Waals surface area contributed by atoms with Crippen molar-refractivity contribution in [2.75, 3.05) is 0 Å². The van der Waals surface area contributed by atoms with E-state index in [0.29, 0.717) is 0 Å². The number of hydrogen-bond acceptors (Lipinski definition) is 3. The summed E-state index contributed by atoms with van der Waals surface area (Å²) in [4.78, 5) is 10.0. The maximum absolute atomic E-state index is 10.9. The zero-order valence-corrected chi connectivity index (χ0v) is 26.5. The van der Waals surface area contributed by atoms with Crippen molar-refractivity contribution in [1.82, 2.24) is 14.5 Å². The Morgan fingerprint density at radius 2 is 1.65 bits per heavy atom. The van der Waals surface area contributed by atoms with Crippen molar-refractivity contribution in [2.24, 2.45) is 0 Å². The van der Waals surface area contributed by atoms with Crippen molar-refractivity contribution in [1.29, 1.82) is 0 Å². The first kappa shape index (κ1) is 28.0. The third-order valence-corrected chi connectivity index (χ3v) is 11.0. The fraction of sp³-hybridized carbons (Fsp3) is 0.176. The molecular formula is C34H32N3OPtSi-. The number of benzene rings is 3. The summed E-state index contributed by atoms with van der Waals surface area (Å²) in [6.07, 6.45) is 3.69. The van der Waals surface area contributed by atoms with Gasteiger partial charge in [0.05, 0.1) is 11.2 Å². The van der Waals surface area contributed by atoms with E-state index in [1.54, 1.807) is 6.07 Å². The third-order valence-electron chi connectivity index (χ3n) is 7.83. The van der Waals surface area contributed by atoms with E-state index in [1.165, 1.54) is 16.3 Å². The second-order valence-electron chi connectivity index (χ2n) is 10.6. The summed E-state index contributed by atoms with van der Waals surface area (Å²) < 4.78 is 2.10. The van der Waals surface area contributed by atoms with Crippen LogP contribution < -0.4 is 10.5 Å². The van der Waals surface area contributed by atoms with Crippen LogP contribution in [0.1, 0.15) is 25.0 Å². The molecule has 6 aromatic rings. The molecule has 0 aliphatic rings. The SMILES string of the molecule is CCc1ccc2c(c1)c1cc(CC)c(-c3[c-]c([Si](C)(C)c4ccccn4)ccc3)nc1n2-c1ccccc1O.[Pt]. The van der Waals surface area contributed by atoms with Crippen molar-refractivity contribution < 1.29 is 26.2 Å². The molecule has 1 N–H and O–H groups in total. The van der Waals surface area contributed by atoms with E-state index in [-0.39, 0.29) is 26.8 Å². The minimum Gasteiger partial charge on any atom is -0.506 e. The van der Waals surface area contributed by atoms with Gasteiger partial charge in [-0.2, -0.15) is 0 Å². The van der Waals surface area contributed by atoms with Crippen molar-refractivity contribution in [2.45, 2.75) is 39.8 Å². The fourth-order valence-corrected chi connectivity index (χ4v) is 7.63. The molecule has 0 bridgehead atoms. The van der Waals surface area contributed by atoms with Gasteiger partial charge < -0.3 is 5.11 Å². The summed E-state index contributed by atoms with van der Waals surface area (Å²) in [5.41, 5.74) is 7.00. The maximum atomic E-state index is 10.9. The quantitative estimate of drug-likeness (QED) is 0.154. The molecule has 0 fully saturated rings. The van der Waals surface area contributed by atoms with Crippen LogP contribution in [0.3, 0.4) is 0 Å². The fourth-order valence-electron chi connectivity index (χ4n) is 5.48. The zero-order chi connectivity index (χ0) is 27.1. The number of phenolic OH excluding ortho intramolecular Hbond substituents is 1. The van der Waals surface area contributed by atoms with Gasteiger partial charge in [0.25, 0.3) is 0 Å². The summed E-state index contributed by atoms with van der Waals surface area (Å²) in [5.74, 6) is 0.232. The minimum atomic E-state index is -2.04. The van der Waals surface area contributed by atoms with Crippen molar-refractivity contribution in [3.8, 4) is 22.7 Å². The summed E-state index contributed by atoms with van der Waals surface area (Å²) in [6.45, 7) is 9.01. The Labute approximate surface area is 251 Å². The van der Waals surface area contributed by atoms with Crippen molar-refractivity contribution in [3.05, 3.63) is 108 Å². The molecule has 3 aromatic heterocycles. The first-order valence-electron chi connectivity index (χ1n) is 13.6. The number of phenols is 1. The Balaban J connectivity index is 0.00000323. The molecule has 0 spiro atoms. The molecule has 204 valence electrons. The number of rotatable bonds is 6. The van der Waals surface area contributed by atoms with Gasteiger partial charge in [-0.15, -0.1) is 35.0 Å². The second-order valence-corrected chi connectivity index (χ2v) is 14.9. The van der Waals surface area contributed by atoms with Gasteiger partial charge >= 0.3 is 0 Å². The number of aromatic hydroxyl groups is 1. The Hall–Kier alpha value is -3.53. The maximum Gasteiger partial charge on any atom is 0.139 e. The molecule has 0 aliphatic heterocycles. The molecule has 0 unspecified atom stereocenters. The molecule has 0 aliphatic carbocycles. The number of aromatic nitrogens is 3. The van der Waals surface area contributed by atoms with E-state index < -0.39 is 8.07 Å². The Kier molecular flexibility index (Phi) is 7.81. The Bertz CT molecular complexity index is 1830. The van der Waals surface area contributed by atoms with Gasteiger partial charge in [-0.25, -0.2) is 0 Å². The number of para-hydroxylation sites is 2. The average Bonchev–Trinajstić information content (AvgIpc) is 3.29. The van der Waals surface area contributed by atoms with E-state index in [4.69, 9.17) is 9.97 Å². The number of hydrogen-bond donors (Lipinski definition) is 1. The van der Waals surface area contributed by atoms with Crippen LogP contribution in [-0.4, -0.2) is 27.7 Å². The van der Waals surface area contributed by atoms with Crippen LogP contribution in [0.5, 0.6) is 5.75 Å². The van der Waals surface area contributed by atoms with E-state index >= 15 is 0 Å². The monoisotopic (exact) mass is 721 g/mol. The van der Waals surface area contributed by atoms with Crippen LogP contribution in [0, 0.1) is 6.07 Å². The molecule has 6 heteroatoms. The van der Waals surface area contributed by atoms with Gasteiger partial charge in [-0.05, 0) is 60.5 Å². The minimum absolute atomic E-state index is 0. The topological polar surface area (TPSA) is 50.9 Å². The van der Waals surface area contributed by atoms with Crippen LogP contribution in [0.25, 0.3) is 38.9 Å². The molecule has 4 nitrogen and oxygen atoms in total. The van der Waals surface area contributed by atoms with Crippen LogP contribution in [0.4, 0.5) is 0 Å². The second kappa shape index (κ2) is 11.2. The van der Waals surface area contributed by atoms with E-state index in [9.17, 15) is 5.11 Å². The van der Waals surface area contributed by atoms with Crippen molar-refractivity contribution in [3.63, 3.8) is 0 Å². The molecule has 0 atom stereocenters. The first-order valence-corrected chi connectivity index (χ1v) is 16.6. The summed E-state index contributed by atoms with van der Waals surface area (Å²) in [6, 6.07) is 32.7. The molecule has 3 aromatic carbocycles. The molecule has 0 saturated heterocycles.